The van der Waals surface area contributed by atoms with E-state index in [9.17, 15) is 9.59 Å². The first kappa shape index (κ1) is 20.7. The number of carbonyl (C=O) groups is 2. The van der Waals surface area contributed by atoms with Gasteiger partial charge in [-0.3, -0.25) is 9.59 Å². The smallest absolute Gasteiger partial charge is 0.255 e. The summed E-state index contributed by atoms with van der Waals surface area (Å²) in [4.78, 5) is 26.8. The highest BCUT2D eigenvalue weighted by Crippen LogP contribution is 2.30. The highest BCUT2D eigenvalue weighted by atomic mass is 16.5. The van der Waals surface area contributed by atoms with E-state index in [2.05, 4.69) is 24.1 Å². The van der Waals surface area contributed by atoms with Crippen molar-refractivity contribution in [2.75, 3.05) is 29.9 Å². The maximum Gasteiger partial charge on any atom is 0.255 e. The normalized spacial score (nSPS) is 14.0. The van der Waals surface area contributed by atoms with Crippen LogP contribution in [0.15, 0.2) is 42.5 Å². The van der Waals surface area contributed by atoms with Crippen LogP contribution in [-0.2, 0) is 0 Å². The van der Waals surface area contributed by atoms with Crippen LogP contribution in [0.2, 0.25) is 0 Å². The quantitative estimate of drug-likeness (QED) is 0.740. The van der Waals surface area contributed by atoms with Gasteiger partial charge in [0.2, 0.25) is 5.91 Å². The van der Waals surface area contributed by atoms with E-state index >= 15 is 0 Å². The molecule has 1 aliphatic heterocycles. The maximum atomic E-state index is 12.9. The molecule has 0 atom stereocenters. The van der Waals surface area contributed by atoms with E-state index in [1.807, 2.05) is 12.1 Å². The second-order valence-electron chi connectivity index (χ2n) is 7.83. The molecule has 0 spiro atoms. The van der Waals surface area contributed by atoms with E-state index in [1.165, 1.54) is 6.42 Å². The number of hydrogen-bond donors (Lipinski definition) is 2. The Labute approximate surface area is 172 Å². The zero-order chi connectivity index (χ0) is 20.8. The van der Waals surface area contributed by atoms with Crippen molar-refractivity contribution in [1.82, 2.24) is 0 Å². The van der Waals surface area contributed by atoms with Gasteiger partial charge < -0.3 is 20.7 Å². The zero-order valence-corrected chi connectivity index (χ0v) is 17.1. The highest BCUT2D eigenvalue weighted by molar-refractivity contribution is 6.07. The van der Waals surface area contributed by atoms with Gasteiger partial charge in [0.1, 0.15) is 5.75 Å². The third-order valence-corrected chi connectivity index (χ3v) is 4.91. The van der Waals surface area contributed by atoms with E-state index in [0.29, 0.717) is 35.1 Å². The fourth-order valence-corrected chi connectivity index (χ4v) is 3.38. The lowest BCUT2D eigenvalue weighted by Gasteiger charge is -2.30. The van der Waals surface area contributed by atoms with Crippen molar-refractivity contribution >= 4 is 23.2 Å². The minimum absolute atomic E-state index is 0.250. The Morgan fingerprint density at radius 1 is 1.07 bits per heavy atom. The van der Waals surface area contributed by atoms with Crippen molar-refractivity contribution in [3.8, 4) is 5.75 Å². The molecule has 154 valence electrons. The molecule has 29 heavy (non-hydrogen) atoms. The average molecular weight is 396 g/mol. The topological polar surface area (TPSA) is 84.7 Å². The Morgan fingerprint density at radius 3 is 2.52 bits per heavy atom. The number of nitrogens with two attached hydrogens (primary N) is 1. The molecular weight excluding hydrogens is 366 g/mol. The molecule has 0 aromatic heterocycles. The van der Waals surface area contributed by atoms with E-state index < -0.39 is 5.91 Å². The molecule has 1 aliphatic rings. The third kappa shape index (κ3) is 5.50. The predicted octanol–water partition coefficient (Wildman–Crippen LogP) is 4.06. The summed E-state index contributed by atoms with van der Waals surface area (Å²) in [5, 5.41) is 2.97. The summed E-state index contributed by atoms with van der Waals surface area (Å²) in [6, 6.07) is 12.4. The third-order valence-electron chi connectivity index (χ3n) is 4.91. The summed E-state index contributed by atoms with van der Waals surface area (Å²) in [6.07, 6.45) is 3.43. The van der Waals surface area contributed by atoms with E-state index in [4.69, 9.17) is 10.5 Å². The van der Waals surface area contributed by atoms with Crippen LogP contribution >= 0.6 is 0 Å². The molecule has 2 amide bonds. The number of piperidine rings is 1. The minimum atomic E-state index is -0.519. The molecular formula is C23H29N3O3. The average Bonchev–Trinajstić information content (AvgIpc) is 2.73. The molecule has 1 heterocycles. The Hall–Kier alpha value is -3.02. The largest absolute Gasteiger partial charge is 0.493 e. The number of nitrogens with zero attached hydrogens (tertiary/aromatic N) is 1. The number of carbonyl (C=O) groups excluding carboxylic acids is 2. The molecule has 1 saturated heterocycles. The van der Waals surface area contributed by atoms with Gasteiger partial charge in [-0.25, -0.2) is 0 Å². The van der Waals surface area contributed by atoms with Crippen LogP contribution < -0.4 is 20.7 Å². The summed E-state index contributed by atoms with van der Waals surface area (Å²) in [7, 11) is 0. The monoisotopic (exact) mass is 395 g/mol. The lowest BCUT2D eigenvalue weighted by molar-refractivity contribution is 0.0996. The molecule has 0 aliphatic carbocycles. The number of ether oxygens (including phenoxy) is 1. The van der Waals surface area contributed by atoms with E-state index in [1.54, 1.807) is 30.3 Å². The molecule has 3 N–H and O–H groups in total. The van der Waals surface area contributed by atoms with Gasteiger partial charge in [0, 0.05) is 24.2 Å². The first-order chi connectivity index (χ1) is 13.9. The highest BCUT2D eigenvalue weighted by Gasteiger charge is 2.18. The molecule has 3 rings (SSSR count). The number of benzene rings is 2. The fourth-order valence-electron chi connectivity index (χ4n) is 3.38. The number of primary amides is 1. The second kappa shape index (κ2) is 9.45. The van der Waals surface area contributed by atoms with Gasteiger partial charge in [-0.05, 0) is 61.6 Å². The van der Waals surface area contributed by atoms with Gasteiger partial charge >= 0.3 is 0 Å². The van der Waals surface area contributed by atoms with Gasteiger partial charge in [0.05, 0.1) is 18.0 Å². The van der Waals surface area contributed by atoms with Crippen LogP contribution in [0.25, 0.3) is 0 Å². The number of amides is 2. The number of anilines is 2. The number of nitrogens with one attached hydrogen (secondary N) is 1. The van der Waals surface area contributed by atoms with Crippen molar-refractivity contribution < 1.29 is 14.3 Å². The molecule has 0 bridgehead atoms. The molecule has 0 radical (unpaired) electrons. The minimum Gasteiger partial charge on any atom is -0.493 e. The van der Waals surface area contributed by atoms with Crippen LogP contribution in [0.4, 0.5) is 11.4 Å². The number of rotatable bonds is 7. The first-order valence-electron chi connectivity index (χ1n) is 10.2. The van der Waals surface area contributed by atoms with Crippen LogP contribution in [0.5, 0.6) is 5.75 Å². The molecule has 6 heteroatoms. The van der Waals surface area contributed by atoms with Crippen molar-refractivity contribution in [3.63, 3.8) is 0 Å². The number of hydrogen-bond acceptors (Lipinski definition) is 4. The molecule has 1 fully saturated rings. The Kier molecular flexibility index (Phi) is 6.75. The van der Waals surface area contributed by atoms with Crippen LogP contribution in [-0.4, -0.2) is 31.5 Å². The molecule has 0 unspecified atom stereocenters. The maximum absolute atomic E-state index is 12.9. The fraction of sp³-hybridized carbons (Fsp3) is 0.391. The molecule has 0 saturated carbocycles. The summed E-state index contributed by atoms with van der Waals surface area (Å²) >= 11 is 0. The first-order valence-corrected chi connectivity index (χ1v) is 10.2. The van der Waals surface area contributed by atoms with Gasteiger partial charge in [-0.1, -0.05) is 19.9 Å². The summed E-state index contributed by atoms with van der Waals surface area (Å²) in [6.45, 7) is 6.59. The molecule has 6 nitrogen and oxygen atoms in total. The van der Waals surface area contributed by atoms with Gasteiger partial charge in [-0.2, -0.15) is 0 Å². The Bertz CT molecular complexity index is 873. The molecule has 2 aromatic rings. The van der Waals surface area contributed by atoms with Crippen LogP contribution in [0.1, 0.15) is 53.8 Å². The van der Waals surface area contributed by atoms with Gasteiger partial charge in [0.25, 0.3) is 5.91 Å². The van der Waals surface area contributed by atoms with Gasteiger partial charge in [0.15, 0.2) is 0 Å². The summed E-state index contributed by atoms with van der Waals surface area (Å²) < 4.78 is 5.73. The Balaban J connectivity index is 1.84. The SMILES string of the molecule is CC(C)COc1cccc(C(=O)Nc2cc(C(N)=O)ccc2N2CCCCC2)c1. The van der Waals surface area contributed by atoms with Crippen LogP contribution in [0.3, 0.4) is 0 Å². The second-order valence-corrected chi connectivity index (χ2v) is 7.83. The summed E-state index contributed by atoms with van der Waals surface area (Å²) in [5.41, 5.74) is 7.83. The van der Waals surface area contributed by atoms with E-state index in [-0.39, 0.29) is 5.91 Å². The van der Waals surface area contributed by atoms with Gasteiger partial charge in [-0.15, -0.1) is 0 Å². The predicted molar refractivity (Wildman–Crippen MR) is 116 cm³/mol. The lowest BCUT2D eigenvalue weighted by atomic mass is 10.1. The zero-order valence-electron chi connectivity index (χ0n) is 17.1. The van der Waals surface area contributed by atoms with Crippen molar-refractivity contribution in [2.24, 2.45) is 11.7 Å². The van der Waals surface area contributed by atoms with Crippen molar-refractivity contribution in [2.45, 2.75) is 33.1 Å². The Morgan fingerprint density at radius 2 is 1.83 bits per heavy atom. The standard InChI is InChI=1S/C23H29N3O3/c1-16(2)15-29-19-8-6-7-18(13-19)23(28)25-20-14-17(22(24)27)9-10-21(20)26-11-4-3-5-12-26/h6-10,13-14,16H,3-5,11-12,15H2,1-2H3,(H2,24,27)(H,25,28). The van der Waals surface area contributed by atoms with E-state index in [0.717, 1.165) is 31.6 Å². The van der Waals surface area contributed by atoms with Crippen molar-refractivity contribution in [1.29, 1.82) is 0 Å². The lowest BCUT2D eigenvalue weighted by Crippen LogP contribution is -2.30. The van der Waals surface area contributed by atoms with Crippen molar-refractivity contribution in [3.05, 3.63) is 53.6 Å². The van der Waals surface area contributed by atoms with Crippen LogP contribution in [0, 0.1) is 5.92 Å². The summed E-state index contributed by atoms with van der Waals surface area (Å²) in [5.74, 6) is 0.291. The molecule has 2 aromatic carbocycles.